The molecule has 0 aliphatic carbocycles. The summed E-state index contributed by atoms with van der Waals surface area (Å²) in [5.41, 5.74) is 2.65. The zero-order chi connectivity index (χ0) is 17.5. The van der Waals surface area contributed by atoms with E-state index in [9.17, 15) is 9.59 Å². The second-order valence-electron chi connectivity index (χ2n) is 5.50. The lowest BCUT2D eigenvalue weighted by Crippen LogP contribution is -2.30. The lowest BCUT2D eigenvalue weighted by atomic mass is 10.1. The lowest BCUT2D eigenvalue weighted by molar-refractivity contribution is -0.153. The van der Waals surface area contributed by atoms with Gasteiger partial charge < -0.3 is 14.8 Å². The molecule has 126 valence electrons. The Kier molecular flexibility index (Phi) is 5.95. The fraction of sp³-hybridized carbons (Fsp3) is 0.263. The van der Waals surface area contributed by atoms with Crippen molar-refractivity contribution in [2.75, 3.05) is 11.9 Å². The number of carbonyl (C=O) groups is 2. The van der Waals surface area contributed by atoms with Crippen molar-refractivity contribution in [1.82, 2.24) is 0 Å². The van der Waals surface area contributed by atoms with Gasteiger partial charge in [-0.1, -0.05) is 36.4 Å². The number of benzene rings is 2. The van der Waals surface area contributed by atoms with Crippen molar-refractivity contribution in [3.05, 3.63) is 59.7 Å². The maximum absolute atomic E-state index is 12.0. The van der Waals surface area contributed by atoms with Crippen molar-refractivity contribution in [3.63, 3.8) is 0 Å². The van der Waals surface area contributed by atoms with E-state index in [0.29, 0.717) is 5.75 Å². The second-order valence-corrected chi connectivity index (χ2v) is 5.50. The summed E-state index contributed by atoms with van der Waals surface area (Å²) in [6.45, 7) is 5.04. The summed E-state index contributed by atoms with van der Waals surface area (Å²) >= 11 is 0. The number of amides is 1. The molecule has 1 atom stereocenters. The quantitative estimate of drug-likeness (QED) is 0.827. The largest absolute Gasteiger partial charge is 0.479 e. The molecule has 5 heteroatoms. The average Bonchev–Trinajstić information content (AvgIpc) is 2.57. The van der Waals surface area contributed by atoms with Crippen molar-refractivity contribution in [2.24, 2.45) is 0 Å². The van der Waals surface area contributed by atoms with Gasteiger partial charge >= 0.3 is 5.97 Å². The zero-order valence-corrected chi connectivity index (χ0v) is 14.0. The predicted molar refractivity (Wildman–Crippen MR) is 92.0 cm³/mol. The van der Waals surface area contributed by atoms with E-state index >= 15 is 0 Å². The molecule has 0 aliphatic heterocycles. The molecule has 0 fully saturated rings. The van der Waals surface area contributed by atoms with E-state index in [4.69, 9.17) is 9.47 Å². The van der Waals surface area contributed by atoms with Crippen LogP contribution in [-0.4, -0.2) is 24.6 Å². The summed E-state index contributed by atoms with van der Waals surface area (Å²) in [6.07, 6.45) is -0.791. The summed E-state index contributed by atoms with van der Waals surface area (Å²) in [4.78, 5) is 23.9. The summed E-state index contributed by atoms with van der Waals surface area (Å²) < 4.78 is 10.5. The first-order chi connectivity index (χ1) is 11.5. The van der Waals surface area contributed by atoms with Crippen LogP contribution in [-0.2, 0) is 14.3 Å². The van der Waals surface area contributed by atoms with E-state index in [1.807, 2.05) is 50.2 Å². The van der Waals surface area contributed by atoms with Crippen molar-refractivity contribution < 1.29 is 19.1 Å². The van der Waals surface area contributed by atoms with E-state index in [2.05, 4.69) is 5.32 Å². The molecule has 1 amide bonds. The van der Waals surface area contributed by atoms with Gasteiger partial charge in [0, 0.05) is 5.69 Å². The van der Waals surface area contributed by atoms with E-state index in [1.54, 1.807) is 19.1 Å². The van der Waals surface area contributed by atoms with Gasteiger partial charge in [-0.05, 0) is 44.0 Å². The summed E-state index contributed by atoms with van der Waals surface area (Å²) in [5.74, 6) is -0.398. The standard InChI is InChI=1S/C19H21NO4/c1-13-8-7-9-14(2)18(13)20-17(21)12-23-19(22)15(3)24-16-10-5-4-6-11-16/h4-11,15H,12H2,1-3H3,(H,20,21)/t15-/m0/s1. The summed E-state index contributed by atoms with van der Waals surface area (Å²) in [7, 11) is 0. The Morgan fingerprint density at radius 1 is 1.00 bits per heavy atom. The first kappa shape index (κ1) is 17.5. The maximum atomic E-state index is 12.0. The van der Waals surface area contributed by atoms with Gasteiger partial charge in [-0.25, -0.2) is 4.79 Å². The second kappa shape index (κ2) is 8.15. The summed E-state index contributed by atoms with van der Waals surface area (Å²) in [5, 5.41) is 2.77. The van der Waals surface area contributed by atoms with Crippen LogP contribution in [0.3, 0.4) is 0 Å². The molecule has 0 unspecified atom stereocenters. The highest BCUT2D eigenvalue weighted by atomic mass is 16.6. The minimum Gasteiger partial charge on any atom is -0.479 e. The number of hydrogen-bond donors (Lipinski definition) is 1. The molecular formula is C19H21NO4. The minimum absolute atomic E-state index is 0.352. The Morgan fingerprint density at radius 3 is 2.25 bits per heavy atom. The van der Waals surface area contributed by atoms with Gasteiger partial charge in [0.15, 0.2) is 12.7 Å². The minimum atomic E-state index is -0.791. The SMILES string of the molecule is Cc1cccc(C)c1NC(=O)COC(=O)[C@H](C)Oc1ccccc1. The Morgan fingerprint density at radius 2 is 1.62 bits per heavy atom. The van der Waals surface area contributed by atoms with Crippen molar-refractivity contribution >= 4 is 17.6 Å². The third-order valence-corrected chi connectivity index (χ3v) is 3.48. The molecule has 1 N–H and O–H groups in total. The van der Waals surface area contributed by atoms with Gasteiger partial charge in [-0.3, -0.25) is 4.79 Å². The van der Waals surface area contributed by atoms with E-state index in [0.717, 1.165) is 16.8 Å². The Hall–Kier alpha value is -2.82. The van der Waals surface area contributed by atoms with Gasteiger partial charge in [0.1, 0.15) is 5.75 Å². The van der Waals surface area contributed by atoms with Gasteiger partial charge in [0.25, 0.3) is 5.91 Å². The van der Waals surface area contributed by atoms with E-state index in [-0.39, 0.29) is 12.5 Å². The monoisotopic (exact) mass is 327 g/mol. The van der Waals surface area contributed by atoms with Crippen LogP contribution < -0.4 is 10.1 Å². The number of hydrogen-bond acceptors (Lipinski definition) is 4. The van der Waals surface area contributed by atoms with Gasteiger partial charge in [-0.15, -0.1) is 0 Å². The molecule has 0 aliphatic rings. The smallest absolute Gasteiger partial charge is 0.347 e. The van der Waals surface area contributed by atoms with Gasteiger partial charge in [0.05, 0.1) is 0 Å². The molecule has 24 heavy (non-hydrogen) atoms. The number of ether oxygens (including phenoxy) is 2. The molecule has 0 aromatic heterocycles. The van der Waals surface area contributed by atoms with E-state index < -0.39 is 12.1 Å². The maximum Gasteiger partial charge on any atom is 0.347 e. The first-order valence-electron chi connectivity index (χ1n) is 7.72. The Labute approximate surface area is 141 Å². The molecule has 2 rings (SSSR count). The van der Waals surface area contributed by atoms with Crippen LogP contribution >= 0.6 is 0 Å². The van der Waals surface area contributed by atoms with Crippen LogP contribution in [0.15, 0.2) is 48.5 Å². The highest BCUT2D eigenvalue weighted by Gasteiger charge is 2.18. The normalized spacial score (nSPS) is 11.5. The average molecular weight is 327 g/mol. The highest BCUT2D eigenvalue weighted by molar-refractivity contribution is 5.94. The number of para-hydroxylation sites is 2. The highest BCUT2D eigenvalue weighted by Crippen LogP contribution is 2.19. The number of carbonyl (C=O) groups excluding carboxylic acids is 2. The zero-order valence-electron chi connectivity index (χ0n) is 14.0. The molecule has 2 aromatic rings. The topological polar surface area (TPSA) is 64.6 Å². The molecular weight excluding hydrogens is 306 g/mol. The molecule has 0 saturated heterocycles. The molecule has 0 bridgehead atoms. The predicted octanol–water partition coefficient (Wildman–Crippen LogP) is 3.25. The van der Waals surface area contributed by atoms with E-state index in [1.165, 1.54) is 0 Å². The van der Waals surface area contributed by atoms with Crippen LogP contribution in [0.2, 0.25) is 0 Å². The van der Waals surface area contributed by atoms with Crippen molar-refractivity contribution in [1.29, 1.82) is 0 Å². The number of anilines is 1. The number of aryl methyl sites for hydroxylation is 2. The van der Waals surface area contributed by atoms with Crippen LogP contribution in [0.1, 0.15) is 18.1 Å². The molecule has 5 nitrogen and oxygen atoms in total. The van der Waals surface area contributed by atoms with Crippen molar-refractivity contribution in [2.45, 2.75) is 26.9 Å². The molecule has 0 radical (unpaired) electrons. The third kappa shape index (κ3) is 4.84. The Bertz CT molecular complexity index is 692. The number of rotatable bonds is 6. The summed E-state index contributed by atoms with van der Waals surface area (Å²) in [6, 6.07) is 14.7. The Balaban J connectivity index is 1.84. The molecule has 0 spiro atoms. The van der Waals surface area contributed by atoms with Gasteiger partial charge in [0.2, 0.25) is 0 Å². The van der Waals surface area contributed by atoms with Gasteiger partial charge in [-0.2, -0.15) is 0 Å². The first-order valence-corrected chi connectivity index (χ1v) is 7.72. The molecule has 2 aromatic carbocycles. The number of nitrogens with one attached hydrogen (secondary N) is 1. The number of esters is 1. The van der Waals surface area contributed by atoms with Crippen LogP contribution in [0.4, 0.5) is 5.69 Å². The fourth-order valence-corrected chi connectivity index (χ4v) is 2.19. The molecule has 0 saturated carbocycles. The lowest BCUT2D eigenvalue weighted by Gasteiger charge is -2.15. The van der Waals surface area contributed by atoms with Crippen LogP contribution in [0.5, 0.6) is 5.75 Å². The van der Waals surface area contributed by atoms with Crippen molar-refractivity contribution in [3.8, 4) is 5.75 Å². The fourth-order valence-electron chi connectivity index (χ4n) is 2.19. The molecule has 0 heterocycles. The van der Waals surface area contributed by atoms with Crippen LogP contribution in [0, 0.1) is 13.8 Å². The third-order valence-electron chi connectivity index (χ3n) is 3.48. The van der Waals surface area contributed by atoms with Crippen LogP contribution in [0.25, 0.3) is 0 Å².